The Morgan fingerprint density at radius 2 is 1.96 bits per heavy atom. The standard InChI is InChI=1S/C18H27N3OS/c22-18(21-12-8-19-9-13-21)7-11-20-10-6-16(14-20)15-23-17-4-2-1-3-5-17/h1-5,16,19H,6-15H2. The normalized spacial score (nSPS) is 22.4. The summed E-state index contributed by atoms with van der Waals surface area (Å²) < 4.78 is 0. The van der Waals surface area contributed by atoms with E-state index in [1.807, 2.05) is 16.7 Å². The molecule has 0 saturated carbocycles. The highest BCUT2D eigenvalue weighted by molar-refractivity contribution is 7.99. The molecule has 0 spiro atoms. The van der Waals surface area contributed by atoms with Gasteiger partial charge < -0.3 is 15.1 Å². The van der Waals surface area contributed by atoms with Crippen LogP contribution in [0.1, 0.15) is 12.8 Å². The number of hydrogen-bond donors (Lipinski definition) is 1. The van der Waals surface area contributed by atoms with Crippen molar-refractivity contribution in [1.82, 2.24) is 15.1 Å². The van der Waals surface area contributed by atoms with Gasteiger partial charge in [0.25, 0.3) is 0 Å². The van der Waals surface area contributed by atoms with Gasteiger partial charge in [0.2, 0.25) is 5.91 Å². The second kappa shape index (κ2) is 8.71. The number of carbonyl (C=O) groups excluding carboxylic acids is 1. The van der Waals surface area contributed by atoms with Crippen molar-refractivity contribution in [3.8, 4) is 0 Å². The molecule has 1 amide bonds. The Balaban J connectivity index is 1.34. The lowest BCUT2D eigenvalue weighted by Gasteiger charge is -2.28. The van der Waals surface area contributed by atoms with Gasteiger partial charge in [-0.2, -0.15) is 0 Å². The van der Waals surface area contributed by atoms with Crippen molar-refractivity contribution in [2.24, 2.45) is 5.92 Å². The zero-order valence-corrected chi connectivity index (χ0v) is 14.6. The summed E-state index contributed by atoms with van der Waals surface area (Å²) in [5.74, 6) is 2.27. The number of likely N-dealkylation sites (tertiary alicyclic amines) is 1. The quantitative estimate of drug-likeness (QED) is 0.807. The maximum absolute atomic E-state index is 12.2. The van der Waals surface area contributed by atoms with E-state index in [-0.39, 0.29) is 0 Å². The summed E-state index contributed by atoms with van der Waals surface area (Å²) in [6.07, 6.45) is 1.94. The Morgan fingerprint density at radius 3 is 2.74 bits per heavy atom. The predicted octanol–water partition coefficient (Wildman–Crippen LogP) is 1.92. The number of thioether (sulfide) groups is 1. The minimum atomic E-state index is 0.327. The second-order valence-electron chi connectivity index (χ2n) is 6.46. The van der Waals surface area contributed by atoms with Gasteiger partial charge >= 0.3 is 0 Å². The van der Waals surface area contributed by atoms with Crippen LogP contribution in [-0.4, -0.2) is 67.3 Å². The maximum Gasteiger partial charge on any atom is 0.223 e. The first-order chi connectivity index (χ1) is 11.3. The van der Waals surface area contributed by atoms with Crippen molar-refractivity contribution in [3.05, 3.63) is 30.3 Å². The van der Waals surface area contributed by atoms with Crippen LogP contribution in [0.25, 0.3) is 0 Å². The molecule has 4 nitrogen and oxygen atoms in total. The van der Waals surface area contributed by atoms with Gasteiger partial charge in [0.15, 0.2) is 0 Å². The highest BCUT2D eigenvalue weighted by Gasteiger charge is 2.24. The Bertz CT molecular complexity index is 490. The molecule has 0 radical (unpaired) electrons. The summed E-state index contributed by atoms with van der Waals surface area (Å²) in [5, 5.41) is 3.29. The first-order valence-electron chi connectivity index (χ1n) is 8.70. The van der Waals surface area contributed by atoms with Crippen LogP contribution in [0.3, 0.4) is 0 Å². The van der Waals surface area contributed by atoms with E-state index in [9.17, 15) is 4.79 Å². The molecule has 1 N–H and O–H groups in total. The van der Waals surface area contributed by atoms with Gasteiger partial charge in [-0.15, -0.1) is 11.8 Å². The number of amides is 1. The van der Waals surface area contributed by atoms with Gasteiger partial charge in [0, 0.05) is 56.3 Å². The van der Waals surface area contributed by atoms with Gasteiger partial charge in [-0.05, 0) is 31.0 Å². The lowest BCUT2D eigenvalue weighted by atomic mass is 10.2. The summed E-state index contributed by atoms with van der Waals surface area (Å²) in [6, 6.07) is 10.6. The predicted molar refractivity (Wildman–Crippen MR) is 95.8 cm³/mol. The minimum absolute atomic E-state index is 0.327. The van der Waals surface area contributed by atoms with Gasteiger partial charge in [0.05, 0.1) is 0 Å². The molecule has 126 valence electrons. The Hall–Kier alpha value is -1.04. The van der Waals surface area contributed by atoms with E-state index in [1.54, 1.807) is 0 Å². The molecule has 2 saturated heterocycles. The average Bonchev–Trinajstić information content (AvgIpc) is 3.07. The van der Waals surface area contributed by atoms with Crippen LogP contribution in [0.15, 0.2) is 35.2 Å². The van der Waals surface area contributed by atoms with Gasteiger partial charge in [-0.1, -0.05) is 18.2 Å². The Morgan fingerprint density at radius 1 is 1.17 bits per heavy atom. The van der Waals surface area contributed by atoms with Crippen LogP contribution in [-0.2, 0) is 4.79 Å². The topological polar surface area (TPSA) is 35.6 Å². The first-order valence-corrected chi connectivity index (χ1v) is 9.68. The monoisotopic (exact) mass is 333 g/mol. The molecule has 3 rings (SSSR count). The Kier molecular flexibility index (Phi) is 6.37. The maximum atomic E-state index is 12.2. The Labute approximate surface area is 143 Å². The molecule has 2 aliphatic heterocycles. The van der Waals surface area contributed by atoms with Crippen LogP contribution in [0, 0.1) is 5.92 Å². The number of rotatable bonds is 6. The van der Waals surface area contributed by atoms with E-state index in [1.165, 1.54) is 17.1 Å². The SMILES string of the molecule is O=C(CCN1CCC(CSc2ccccc2)C1)N1CCNCC1. The molecular weight excluding hydrogens is 306 g/mol. The molecule has 0 bridgehead atoms. The summed E-state index contributed by atoms with van der Waals surface area (Å²) >= 11 is 1.96. The van der Waals surface area contributed by atoms with E-state index in [0.717, 1.165) is 51.7 Å². The van der Waals surface area contributed by atoms with E-state index in [2.05, 4.69) is 40.5 Å². The molecule has 1 unspecified atom stereocenters. The molecule has 0 aromatic heterocycles. The summed E-state index contributed by atoms with van der Waals surface area (Å²) in [4.78, 5) is 18.1. The summed E-state index contributed by atoms with van der Waals surface area (Å²) in [5.41, 5.74) is 0. The van der Waals surface area contributed by atoms with Crippen molar-refractivity contribution in [3.63, 3.8) is 0 Å². The van der Waals surface area contributed by atoms with Crippen LogP contribution in [0.5, 0.6) is 0 Å². The van der Waals surface area contributed by atoms with Crippen LogP contribution in [0.4, 0.5) is 0 Å². The van der Waals surface area contributed by atoms with Crippen molar-refractivity contribution >= 4 is 17.7 Å². The van der Waals surface area contributed by atoms with Crippen molar-refractivity contribution in [2.45, 2.75) is 17.7 Å². The lowest BCUT2D eigenvalue weighted by molar-refractivity contribution is -0.132. The van der Waals surface area contributed by atoms with Gasteiger partial charge in [-0.25, -0.2) is 0 Å². The number of nitrogens with zero attached hydrogens (tertiary/aromatic N) is 2. The minimum Gasteiger partial charge on any atom is -0.340 e. The average molecular weight is 334 g/mol. The number of piperazine rings is 1. The third-order valence-corrected chi connectivity index (χ3v) is 5.95. The molecule has 2 fully saturated rings. The zero-order chi connectivity index (χ0) is 15.9. The van der Waals surface area contributed by atoms with E-state index >= 15 is 0 Å². The third-order valence-electron chi connectivity index (χ3n) is 4.71. The first kappa shape index (κ1) is 16.8. The molecule has 5 heteroatoms. The molecule has 2 heterocycles. The van der Waals surface area contributed by atoms with E-state index in [0.29, 0.717) is 12.3 Å². The summed E-state index contributed by atoms with van der Waals surface area (Å²) in [6.45, 7) is 6.84. The van der Waals surface area contributed by atoms with Crippen LogP contribution < -0.4 is 5.32 Å². The van der Waals surface area contributed by atoms with Gasteiger partial charge in [-0.3, -0.25) is 4.79 Å². The van der Waals surface area contributed by atoms with E-state index < -0.39 is 0 Å². The van der Waals surface area contributed by atoms with E-state index in [4.69, 9.17) is 0 Å². The molecule has 1 aromatic rings. The fourth-order valence-corrected chi connectivity index (χ4v) is 4.36. The molecule has 23 heavy (non-hydrogen) atoms. The summed E-state index contributed by atoms with van der Waals surface area (Å²) in [7, 11) is 0. The number of hydrogen-bond acceptors (Lipinski definition) is 4. The second-order valence-corrected chi connectivity index (χ2v) is 7.55. The van der Waals surface area contributed by atoms with Crippen molar-refractivity contribution in [1.29, 1.82) is 0 Å². The fraction of sp³-hybridized carbons (Fsp3) is 0.611. The van der Waals surface area contributed by atoms with Crippen LogP contribution >= 0.6 is 11.8 Å². The molecule has 2 aliphatic rings. The fourth-order valence-electron chi connectivity index (χ4n) is 3.31. The number of nitrogens with one attached hydrogen (secondary N) is 1. The zero-order valence-electron chi connectivity index (χ0n) is 13.7. The highest BCUT2D eigenvalue weighted by atomic mass is 32.2. The van der Waals surface area contributed by atoms with Gasteiger partial charge in [0.1, 0.15) is 0 Å². The van der Waals surface area contributed by atoms with Crippen molar-refractivity contribution in [2.75, 3.05) is 51.6 Å². The highest BCUT2D eigenvalue weighted by Crippen LogP contribution is 2.25. The lowest BCUT2D eigenvalue weighted by Crippen LogP contribution is -2.47. The largest absolute Gasteiger partial charge is 0.340 e. The molecule has 0 aliphatic carbocycles. The molecule has 1 atom stereocenters. The number of carbonyl (C=O) groups is 1. The third kappa shape index (κ3) is 5.23. The smallest absolute Gasteiger partial charge is 0.223 e. The van der Waals surface area contributed by atoms with Crippen LogP contribution in [0.2, 0.25) is 0 Å². The molecule has 1 aromatic carbocycles. The molecular formula is C18H27N3OS. The number of benzene rings is 1. The van der Waals surface area contributed by atoms with Crippen molar-refractivity contribution < 1.29 is 4.79 Å².